The van der Waals surface area contributed by atoms with Gasteiger partial charge in [0.05, 0.1) is 19.3 Å². The van der Waals surface area contributed by atoms with Crippen LogP contribution in [0.4, 0.5) is 0 Å². The zero-order valence-electron chi connectivity index (χ0n) is 16.9. The van der Waals surface area contributed by atoms with E-state index in [1.807, 2.05) is 0 Å². The van der Waals surface area contributed by atoms with E-state index in [1.165, 1.54) is 62.5 Å². The largest absolute Gasteiger partial charge is 0.373 e. The van der Waals surface area contributed by atoms with Gasteiger partial charge in [-0.1, -0.05) is 70.2 Å². The summed E-state index contributed by atoms with van der Waals surface area (Å²) in [6.07, 6.45) is 13.9. The maximum atomic E-state index is 6.05. The Labute approximate surface area is 160 Å². The molecule has 1 heterocycles. The molecule has 0 bridgehead atoms. The normalized spacial score (nSPS) is 29.6. The lowest BCUT2D eigenvalue weighted by Gasteiger charge is -2.31. The predicted molar refractivity (Wildman–Crippen MR) is 109 cm³/mol. The molecule has 1 aromatic carbocycles. The Morgan fingerprint density at radius 2 is 1.50 bits per heavy atom. The highest BCUT2D eigenvalue weighted by Crippen LogP contribution is 2.38. The van der Waals surface area contributed by atoms with Crippen molar-refractivity contribution in [3.8, 4) is 0 Å². The second-order valence-corrected chi connectivity index (χ2v) is 8.45. The molecule has 1 saturated carbocycles. The summed E-state index contributed by atoms with van der Waals surface area (Å²) in [7, 11) is 0. The smallest absolute Gasteiger partial charge is 0.106 e. The van der Waals surface area contributed by atoms with Crippen molar-refractivity contribution in [3.05, 3.63) is 35.4 Å². The van der Waals surface area contributed by atoms with Crippen LogP contribution in [0.15, 0.2) is 24.3 Å². The Hall–Kier alpha value is -0.860. The number of unbranched alkanes of at least 4 members (excludes halogenated alkanes) is 2. The van der Waals surface area contributed by atoms with Crippen molar-refractivity contribution in [1.29, 1.82) is 0 Å². The fraction of sp³-hybridized carbons (Fsp3) is 0.750. The molecule has 2 aliphatic rings. The van der Waals surface area contributed by atoms with Crippen molar-refractivity contribution in [1.82, 2.24) is 0 Å². The minimum Gasteiger partial charge on any atom is -0.373 e. The van der Waals surface area contributed by atoms with Crippen LogP contribution in [0.2, 0.25) is 0 Å². The van der Waals surface area contributed by atoms with E-state index in [-0.39, 0.29) is 6.10 Å². The van der Waals surface area contributed by atoms with Crippen LogP contribution in [0.25, 0.3) is 0 Å². The van der Waals surface area contributed by atoms with Gasteiger partial charge in [0.1, 0.15) is 6.10 Å². The highest BCUT2D eigenvalue weighted by atomic mass is 16.6. The summed E-state index contributed by atoms with van der Waals surface area (Å²) in [5.74, 6) is 1.75. The topological polar surface area (TPSA) is 18.5 Å². The first-order valence-electron chi connectivity index (χ1n) is 11.1. The summed E-state index contributed by atoms with van der Waals surface area (Å²) >= 11 is 0. The molecule has 2 nitrogen and oxygen atoms in total. The molecule has 0 radical (unpaired) electrons. The Bertz CT molecular complexity index is 493. The third-order valence-electron chi connectivity index (χ3n) is 6.42. The second-order valence-electron chi connectivity index (χ2n) is 8.45. The number of benzene rings is 1. The van der Waals surface area contributed by atoms with Crippen molar-refractivity contribution in [3.63, 3.8) is 0 Å². The van der Waals surface area contributed by atoms with Crippen LogP contribution in [0.1, 0.15) is 101 Å². The van der Waals surface area contributed by atoms with Crippen molar-refractivity contribution >= 4 is 0 Å². The lowest BCUT2D eigenvalue weighted by atomic mass is 9.77. The average Bonchev–Trinajstić information content (AvgIpc) is 2.70. The molecule has 2 atom stereocenters. The summed E-state index contributed by atoms with van der Waals surface area (Å²) < 4.78 is 12.0. The molecule has 2 fully saturated rings. The quantitative estimate of drug-likeness (QED) is 0.476. The first-order valence-corrected chi connectivity index (χ1v) is 11.1. The van der Waals surface area contributed by atoms with Crippen LogP contribution >= 0.6 is 0 Å². The molecule has 1 aliphatic carbocycles. The highest BCUT2D eigenvalue weighted by Gasteiger charge is 2.24. The van der Waals surface area contributed by atoms with E-state index in [9.17, 15) is 0 Å². The van der Waals surface area contributed by atoms with E-state index < -0.39 is 0 Å². The van der Waals surface area contributed by atoms with Gasteiger partial charge in [-0.3, -0.25) is 0 Å². The van der Waals surface area contributed by atoms with Crippen LogP contribution in [-0.2, 0) is 9.47 Å². The molecule has 0 N–H and O–H groups in total. The molecule has 2 heteroatoms. The standard InChI is InChI=1S/C24H38O2/c1-3-5-6-8-19-9-11-20(12-10-19)21-13-15-22(16-14-21)24-18-25-23(7-4-2)17-26-24/h13-16,19-20,23-24H,3-12,17-18H2,1-2H3/t19-,20-,23-,24-/m0/s1. The first-order chi connectivity index (χ1) is 12.8. The third-order valence-corrected chi connectivity index (χ3v) is 6.42. The summed E-state index contributed by atoms with van der Waals surface area (Å²) in [5.41, 5.74) is 2.80. The maximum Gasteiger partial charge on any atom is 0.106 e. The molecule has 0 spiro atoms. The number of rotatable bonds is 8. The van der Waals surface area contributed by atoms with Gasteiger partial charge in [0, 0.05) is 0 Å². The zero-order valence-corrected chi connectivity index (χ0v) is 16.9. The number of hydrogen-bond acceptors (Lipinski definition) is 2. The van der Waals surface area contributed by atoms with Crippen molar-refractivity contribution < 1.29 is 9.47 Å². The van der Waals surface area contributed by atoms with Gasteiger partial charge < -0.3 is 9.47 Å². The zero-order chi connectivity index (χ0) is 18.2. The minimum atomic E-state index is 0.117. The van der Waals surface area contributed by atoms with Crippen LogP contribution in [-0.4, -0.2) is 19.3 Å². The van der Waals surface area contributed by atoms with Gasteiger partial charge in [0.25, 0.3) is 0 Å². The first kappa shape index (κ1) is 19.9. The second kappa shape index (κ2) is 10.5. The molecule has 26 heavy (non-hydrogen) atoms. The van der Waals surface area contributed by atoms with E-state index in [1.54, 1.807) is 0 Å². The van der Waals surface area contributed by atoms with E-state index >= 15 is 0 Å². The van der Waals surface area contributed by atoms with Gasteiger partial charge in [0.2, 0.25) is 0 Å². The van der Waals surface area contributed by atoms with Crippen LogP contribution in [0.5, 0.6) is 0 Å². The minimum absolute atomic E-state index is 0.117. The van der Waals surface area contributed by atoms with Crippen molar-refractivity contribution in [2.24, 2.45) is 5.92 Å². The van der Waals surface area contributed by atoms with Gasteiger partial charge in [-0.2, -0.15) is 0 Å². The summed E-state index contributed by atoms with van der Waals surface area (Å²) in [5, 5.41) is 0. The molecular weight excluding hydrogens is 320 g/mol. The van der Waals surface area contributed by atoms with E-state index in [0.717, 1.165) is 31.3 Å². The van der Waals surface area contributed by atoms with Gasteiger partial charge in [-0.15, -0.1) is 0 Å². The van der Waals surface area contributed by atoms with Crippen LogP contribution in [0.3, 0.4) is 0 Å². The molecule has 3 rings (SSSR count). The summed E-state index contributed by atoms with van der Waals surface area (Å²) in [6.45, 7) is 5.94. The number of ether oxygens (including phenoxy) is 2. The molecular formula is C24H38O2. The molecule has 1 aromatic rings. The highest BCUT2D eigenvalue weighted by molar-refractivity contribution is 5.27. The van der Waals surface area contributed by atoms with Crippen molar-refractivity contribution in [2.75, 3.05) is 13.2 Å². The molecule has 0 aromatic heterocycles. The molecule has 1 aliphatic heterocycles. The lowest BCUT2D eigenvalue weighted by molar-refractivity contribution is -0.137. The molecule has 0 amide bonds. The Morgan fingerprint density at radius 3 is 2.12 bits per heavy atom. The Kier molecular flexibility index (Phi) is 8.01. The Morgan fingerprint density at radius 1 is 0.769 bits per heavy atom. The van der Waals surface area contributed by atoms with Gasteiger partial charge >= 0.3 is 0 Å². The summed E-state index contributed by atoms with van der Waals surface area (Å²) in [4.78, 5) is 0. The molecule has 0 unspecified atom stereocenters. The molecule has 1 saturated heterocycles. The van der Waals surface area contributed by atoms with Crippen LogP contribution in [0, 0.1) is 5.92 Å². The van der Waals surface area contributed by atoms with Crippen molar-refractivity contribution in [2.45, 2.75) is 96.2 Å². The Balaban J connectivity index is 1.45. The third kappa shape index (κ3) is 5.57. The summed E-state index contributed by atoms with van der Waals surface area (Å²) in [6, 6.07) is 9.24. The fourth-order valence-corrected chi connectivity index (χ4v) is 4.67. The van der Waals surface area contributed by atoms with Crippen LogP contribution < -0.4 is 0 Å². The monoisotopic (exact) mass is 358 g/mol. The average molecular weight is 359 g/mol. The predicted octanol–water partition coefficient (Wildman–Crippen LogP) is 6.80. The lowest BCUT2D eigenvalue weighted by Crippen LogP contribution is -2.30. The fourth-order valence-electron chi connectivity index (χ4n) is 4.67. The van der Waals surface area contributed by atoms with E-state index in [0.29, 0.717) is 12.7 Å². The van der Waals surface area contributed by atoms with Gasteiger partial charge in [-0.25, -0.2) is 0 Å². The van der Waals surface area contributed by atoms with E-state index in [4.69, 9.17) is 9.47 Å². The SMILES string of the molecule is CCCCC[C@H]1CC[C@H](c2ccc([C@@H]3CO[C@@H](CCC)CO3)cc2)CC1. The van der Waals surface area contributed by atoms with Gasteiger partial charge in [-0.05, 0) is 55.1 Å². The number of hydrogen-bond donors (Lipinski definition) is 0. The van der Waals surface area contributed by atoms with Gasteiger partial charge in [0.15, 0.2) is 0 Å². The maximum absolute atomic E-state index is 6.05. The van der Waals surface area contributed by atoms with E-state index in [2.05, 4.69) is 38.1 Å². The molecule has 146 valence electrons.